The second-order valence-corrected chi connectivity index (χ2v) is 6.33. The fourth-order valence-electron chi connectivity index (χ4n) is 2.47. The Kier molecular flexibility index (Phi) is 6.12. The molecule has 0 saturated carbocycles. The number of hydrogen-bond acceptors (Lipinski definition) is 3. The highest BCUT2D eigenvalue weighted by molar-refractivity contribution is 6.35. The minimum atomic E-state index is 0.243. The smallest absolute Gasteiger partial charge is 0.0468 e. The van der Waals surface area contributed by atoms with Gasteiger partial charge >= 0.3 is 0 Å². The number of benzene rings is 1. The molecule has 1 atom stereocenters. The summed E-state index contributed by atoms with van der Waals surface area (Å²) in [6.07, 6.45) is 0. The van der Waals surface area contributed by atoms with Gasteiger partial charge in [0.25, 0.3) is 0 Å². The van der Waals surface area contributed by atoms with Crippen LogP contribution in [0.25, 0.3) is 0 Å². The number of likely N-dealkylation sites (N-methyl/N-ethyl adjacent to an activating group) is 1. The van der Waals surface area contributed by atoms with Crippen molar-refractivity contribution in [3.63, 3.8) is 0 Å². The zero-order valence-corrected chi connectivity index (χ0v) is 13.7. The second-order valence-electron chi connectivity index (χ2n) is 5.49. The first kappa shape index (κ1) is 16.1. The Labute approximate surface area is 131 Å². The minimum absolute atomic E-state index is 0.243. The van der Waals surface area contributed by atoms with Gasteiger partial charge in [-0.1, -0.05) is 29.3 Å². The summed E-state index contributed by atoms with van der Waals surface area (Å²) in [6, 6.07) is 5.93. The first-order valence-corrected chi connectivity index (χ1v) is 7.91. The molecule has 1 unspecified atom stereocenters. The van der Waals surface area contributed by atoms with Crippen LogP contribution in [0.4, 0.5) is 0 Å². The van der Waals surface area contributed by atoms with Gasteiger partial charge in [0.1, 0.15) is 0 Å². The molecule has 0 aliphatic carbocycles. The lowest BCUT2D eigenvalue weighted by Crippen LogP contribution is -2.46. The molecule has 1 fully saturated rings. The summed E-state index contributed by atoms with van der Waals surface area (Å²) in [5, 5.41) is 4.95. The molecular weight excluding hydrogens is 293 g/mol. The molecule has 3 nitrogen and oxygen atoms in total. The third-order valence-electron chi connectivity index (χ3n) is 3.90. The Bertz CT molecular complexity index is 431. The monoisotopic (exact) mass is 315 g/mol. The number of piperazine rings is 1. The standard InChI is InChI=1S/C15H23Cl2N3/c1-12(14-4-3-13(16)11-15(14)17)18-5-6-20-9-7-19(2)8-10-20/h3-4,11-12,18H,5-10H2,1-2H3. The molecule has 5 heteroatoms. The molecule has 0 radical (unpaired) electrons. The van der Waals surface area contributed by atoms with Crippen molar-refractivity contribution in [2.24, 2.45) is 0 Å². The van der Waals surface area contributed by atoms with Gasteiger partial charge < -0.3 is 10.2 Å². The van der Waals surface area contributed by atoms with E-state index in [4.69, 9.17) is 23.2 Å². The quantitative estimate of drug-likeness (QED) is 0.901. The molecule has 1 aliphatic rings. The average molecular weight is 316 g/mol. The van der Waals surface area contributed by atoms with Crippen molar-refractivity contribution in [3.8, 4) is 0 Å². The first-order chi connectivity index (χ1) is 9.56. The van der Waals surface area contributed by atoms with Crippen molar-refractivity contribution >= 4 is 23.2 Å². The molecule has 112 valence electrons. The third-order valence-corrected chi connectivity index (χ3v) is 4.47. The largest absolute Gasteiger partial charge is 0.309 e. The molecule has 20 heavy (non-hydrogen) atoms. The topological polar surface area (TPSA) is 18.5 Å². The zero-order valence-electron chi connectivity index (χ0n) is 12.2. The summed E-state index contributed by atoms with van der Waals surface area (Å²) in [5.74, 6) is 0. The number of hydrogen-bond donors (Lipinski definition) is 1. The Hall–Kier alpha value is -0.320. The maximum absolute atomic E-state index is 6.23. The highest BCUT2D eigenvalue weighted by atomic mass is 35.5. The predicted octanol–water partition coefficient (Wildman–Crippen LogP) is 2.89. The molecule has 0 spiro atoms. The van der Waals surface area contributed by atoms with Gasteiger partial charge in [-0.2, -0.15) is 0 Å². The van der Waals surface area contributed by atoms with Crippen LogP contribution in [-0.2, 0) is 0 Å². The molecule has 1 aromatic carbocycles. The molecule has 0 amide bonds. The van der Waals surface area contributed by atoms with Crippen molar-refractivity contribution in [2.75, 3.05) is 46.3 Å². The van der Waals surface area contributed by atoms with E-state index in [0.717, 1.165) is 36.8 Å². The Morgan fingerprint density at radius 3 is 2.55 bits per heavy atom. The van der Waals surface area contributed by atoms with Gasteiger partial charge in [-0.15, -0.1) is 0 Å². The van der Waals surface area contributed by atoms with Gasteiger partial charge in [-0.25, -0.2) is 0 Å². The molecule has 1 saturated heterocycles. The Morgan fingerprint density at radius 2 is 1.90 bits per heavy atom. The molecule has 1 aromatic rings. The number of nitrogens with zero attached hydrogens (tertiary/aromatic N) is 2. The molecule has 0 aromatic heterocycles. The molecule has 0 bridgehead atoms. The molecule has 1 N–H and O–H groups in total. The predicted molar refractivity (Wildman–Crippen MR) is 86.8 cm³/mol. The van der Waals surface area contributed by atoms with Gasteiger partial charge in [0.2, 0.25) is 0 Å². The van der Waals surface area contributed by atoms with E-state index in [1.54, 1.807) is 6.07 Å². The van der Waals surface area contributed by atoms with Crippen molar-refractivity contribution in [1.82, 2.24) is 15.1 Å². The van der Waals surface area contributed by atoms with Crippen LogP contribution < -0.4 is 5.32 Å². The normalized spacial score (nSPS) is 19.2. The van der Waals surface area contributed by atoms with Gasteiger partial charge in [-0.05, 0) is 31.7 Å². The van der Waals surface area contributed by atoms with Gasteiger partial charge in [-0.3, -0.25) is 4.90 Å². The van der Waals surface area contributed by atoms with Crippen LogP contribution in [-0.4, -0.2) is 56.1 Å². The SMILES string of the molecule is CC(NCCN1CCN(C)CC1)c1ccc(Cl)cc1Cl. The lowest BCUT2D eigenvalue weighted by Gasteiger charge is -2.32. The summed E-state index contributed by atoms with van der Waals surface area (Å²) in [4.78, 5) is 4.88. The first-order valence-electron chi connectivity index (χ1n) is 7.15. The second kappa shape index (κ2) is 7.62. The van der Waals surface area contributed by atoms with Crippen LogP contribution in [0.1, 0.15) is 18.5 Å². The number of rotatable bonds is 5. The highest BCUT2D eigenvalue weighted by Gasteiger charge is 2.14. The fourth-order valence-corrected chi connectivity index (χ4v) is 3.05. The van der Waals surface area contributed by atoms with Crippen molar-refractivity contribution in [3.05, 3.63) is 33.8 Å². The van der Waals surface area contributed by atoms with Crippen LogP contribution in [0.5, 0.6) is 0 Å². The van der Waals surface area contributed by atoms with E-state index in [9.17, 15) is 0 Å². The Balaban J connectivity index is 1.76. The van der Waals surface area contributed by atoms with Crippen molar-refractivity contribution in [2.45, 2.75) is 13.0 Å². The summed E-state index contributed by atoms with van der Waals surface area (Å²) < 4.78 is 0. The van der Waals surface area contributed by atoms with E-state index in [2.05, 4.69) is 29.1 Å². The van der Waals surface area contributed by atoms with Crippen molar-refractivity contribution < 1.29 is 0 Å². The molecular formula is C15H23Cl2N3. The van der Waals surface area contributed by atoms with Crippen LogP contribution in [0.15, 0.2) is 18.2 Å². The van der Waals surface area contributed by atoms with E-state index in [0.29, 0.717) is 5.02 Å². The highest BCUT2D eigenvalue weighted by Crippen LogP contribution is 2.25. The summed E-state index contributed by atoms with van der Waals surface area (Å²) in [7, 11) is 2.18. The van der Waals surface area contributed by atoms with Crippen LogP contribution >= 0.6 is 23.2 Å². The summed E-state index contributed by atoms with van der Waals surface area (Å²) in [5.41, 5.74) is 1.11. The minimum Gasteiger partial charge on any atom is -0.309 e. The summed E-state index contributed by atoms with van der Waals surface area (Å²) in [6.45, 7) is 8.85. The van der Waals surface area contributed by atoms with E-state index < -0.39 is 0 Å². The van der Waals surface area contributed by atoms with Gasteiger partial charge in [0, 0.05) is 55.4 Å². The van der Waals surface area contributed by atoms with E-state index >= 15 is 0 Å². The number of halogens is 2. The van der Waals surface area contributed by atoms with Gasteiger partial charge in [0.15, 0.2) is 0 Å². The zero-order chi connectivity index (χ0) is 14.5. The lowest BCUT2D eigenvalue weighted by atomic mass is 10.1. The maximum Gasteiger partial charge on any atom is 0.0468 e. The van der Waals surface area contributed by atoms with Crippen LogP contribution in [0.3, 0.4) is 0 Å². The third kappa shape index (κ3) is 4.61. The molecule has 1 heterocycles. The maximum atomic E-state index is 6.23. The van der Waals surface area contributed by atoms with Crippen molar-refractivity contribution in [1.29, 1.82) is 0 Å². The van der Waals surface area contributed by atoms with Crippen LogP contribution in [0, 0.1) is 0 Å². The molecule has 1 aliphatic heterocycles. The van der Waals surface area contributed by atoms with E-state index in [-0.39, 0.29) is 6.04 Å². The summed E-state index contributed by atoms with van der Waals surface area (Å²) >= 11 is 12.2. The van der Waals surface area contributed by atoms with E-state index in [1.165, 1.54) is 13.1 Å². The van der Waals surface area contributed by atoms with Crippen LogP contribution in [0.2, 0.25) is 10.0 Å². The fraction of sp³-hybridized carbons (Fsp3) is 0.600. The van der Waals surface area contributed by atoms with Gasteiger partial charge in [0.05, 0.1) is 0 Å². The lowest BCUT2D eigenvalue weighted by molar-refractivity contribution is 0.154. The molecule has 2 rings (SSSR count). The average Bonchev–Trinajstić information content (AvgIpc) is 2.41. The number of nitrogens with one attached hydrogen (secondary N) is 1. The Morgan fingerprint density at radius 1 is 1.20 bits per heavy atom. The van der Waals surface area contributed by atoms with E-state index in [1.807, 2.05) is 12.1 Å².